The highest BCUT2D eigenvalue weighted by molar-refractivity contribution is 5.34. The van der Waals surface area contributed by atoms with Gasteiger partial charge >= 0.3 is 0 Å². The van der Waals surface area contributed by atoms with Crippen molar-refractivity contribution in [2.45, 2.75) is 27.3 Å². The lowest BCUT2D eigenvalue weighted by Crippen LogP contribution is -2.22. The van der Waals surface area contributed by atoms with E-state index in [2.05, 4.69) is 18.7 Å². The molecule has 0 aliphatic carbocycles. The van der Waals surface area contributed by atoms with Crippen molar-refractivity contribution >= 4 is 0 Å². The van der Waals surface area contributed by atoms with Crippen LogP contribution in [-0.4, -0.2) is 23.1 Å². The van der Waals surface area contributed by atoms with Gasteiger partial charge in [-0.25, -0.2) is 0 Å². The first-order valence-corrected chi connectivity index (χ1v) is 5.18. The van der Waals surface area contributed by atoms with Gasteiger partial charge in [0.1, 0.15) is 5.75 Å². The maximum absolute atomic E-state index is 9.38. The van der Waals surface area contributed by atoms with Gasteiger partial charge in [0.25, 0.3) is 0 Å². The average molecular weight is 193 g/mol. The summed E-state index contributed by atoms with van der Waals surface area (Å²) in [6, 6.07) is 5.81. The molecule has 1 N–H and O–H groups in total. The smallest absolute Gasteiger partial charge is 0.118 e. The van der Waals surface area contributed by atoms with Crippen molar-refractivity contribution in [1.29, 1.82) is 0 Å². The fraction of sp³-hybridized carbons (Fsp3) is 0.500. The standard InChI is InChI=1S/C12H19NO/c1-4-13(5-2)9-11-6-7-12(14)10(3)8-11/h6-8,14H,4-5,9H2,1-3H3. The van der Waals surface area contributed by atoms with Crippen molar-refractivity contribution in [3.8, 4) is 5.75 Å². The van der Waals surface area contributed by atoms with Gasteiger partial charge in [-0.3, -0.25) is 4.90 Å². The molecule has 1 aromatic rings. The molecule has 2 heteroatoms. The monoisotopic (exact) mass is 193 g/mol. The lowest BCUT2D eigenvalue weighted by atomic mass is 10.1. The Morgan fingerprint density at radius 1 is 1.21 bits per heavy atom. The lowest BCUT2D eigenvalue weighted by Gasteiger charge is -2.18. The molecule has 2 nitrogen and oxygen atoms in total. The van der Waals surface area contributed by atoms with E-state index in [0.717, 1.165) is 25.2 Å². The molecule has 14 heavy (non-hydrogen) atoms. The minimum Gasteiger partial charge on any atom is -0.508 e. The van der Waals surface area contributed by atoms with Crippen molar-refractivity contribution in [3.05, 3.63) is 29.3 Å². The normalized spacial score (nSPS) is 10.9. The summed E-state index contributed by atoms with van der Waals surface area (Å²) >= 11 is 0. The number of aromatic hydroxyl groups is 1. The van der Waals surface area contributed by atoms with Crippen LogP contribution >= 0.6 is 0 Å². The highest BCUT2D eigenvalue weighted by atomic mass is 16.3. The van der Waals surface area contributed by atoms with E-state index in [9.17, 15) is 5.11 Å². The van der Waals surface area contributed by atoms with Crippen LogP contribution in [0.1, 0.15) is 25.0 Å². The number of rotatable bonds is 4. The first kappa shape index (κ1) is 11.1. The van der Waals surface area contributed by atoms with Crippen molar-refractivity contribution in [2.75, 3.05) is 13.1 Å². The summed E-state index contributed by atoms with van der Waals surface area (Å²) in [5.41, 5.74) is 2.22. The van der Waals surface area contributed by atoms with Crippen LogP contribution in [0.3, 0.4) is 0 Å². The van der Waals surface area contributed by atoms with Crippen LogP contribution in [-0.2, 0) is 6.54 Å². The van der Waals surface area contributed by atoms with Crippen LogP contribution in [0, 0.1) is 6.92 Å². The van der Waals surface area contributed by atoms with E-state index in [1.165, 1.54) is 5.56 Å². The molecule has 78 valence electrons. The molecule has 0 unspecified atom stereocenters. The topological polar surface area (TPSA) is 23.5 Å². The summed E-state index contributed by atoms with van der Waals surface area (Å²) in [6.45, 7) is 9.36. The Balaban J connectivity index is 2.72. The van der Waals surface area contributed by atoms with Gasteiger partial charge in [0.2, 0.25) is 0 Å². The minimum absolute atomic E-state index is 0.383. The summed E-state index contributed by atoms with van der Waals surface area (Å²) in [7, 11) is 0. The number of hydrogen-bond donors (Lipinski definition) is 1. The van der Waals surface area contributed by atoms with Gasteiger partial charge in [-0.2, -0.15) is 0 Å². The molecule has 1 aromatic carbocycles. The zero-order chi connectivity index (χ0) is 10.6. The lowest BCUT2D eigenvalue weighted by molar-refractivity contribution is 0.295. The Labute approximate surface area is 86.2 Å². The molecule has 1 rings (SSSR count). The Morgan fingerprint density at radius 3 is 2.36 bits per heavy atom. The van der Waals surface area contributed by atoms with Gasteiger partial charge in [-0.15, -0.1) is 0 Å². The molecule has 0 spiro atoms. The van der Waals surface area contributed by atoms with Gasteiger partial charge in [0.05, 0.1) is 0 Å². The number of benzene rings is 1. The molecule has 0 aliphatic heterocycles. The largest absolute Gasteiger partial charge is 0.508 e. The molecule has 0 atom stereocenters. The predicted octanol–water partition coefficient (Wildman–Crippen LogP) is 2.54. The Bertz CT molecular complexity index is 292. The van der Waals surface area contributed by atoms with E-state index in [0.29, 0.717) is 5.75 Å². The van der Waals surface area contributed by atoms with E-state index in [1.807, 2.05) is 19.1 Å². The third-order valence-electron chi connectivity index (χ3n) is 2.56. The second kappa shape index (κ2) is 5.01. The van der Waals surface area contributed by atoms with Gasteiger partial charge in [0, 0.05) is 6.54 Å². The second-order valence-electron chi connectivity index (χ2n) is 3.58. The van der Waals surface area contributed by atoms with E-state index >= 15 is 0 Å². The predicted molar refractivity (Wildman–Crippen MR) is 59.5 cm³/mol. The van der Waals surface area contributed by atoms with E-state index in [4.69, 9.17) is 0 Å². The fourth-order valence-electron chi connectivity index (χ4n) is 1.52. The first-order valence-electron chi connectivity index (χ1n) is 5.18. The SMILES string of the molecule is CCN(CC)Cc1ccc(O)c(C)c1. The number of hydrogen-bond acceptors (Lipinski definition) is 2. The molecule has 0 saturated carbocycles. The zero-order valence-electron chi connectivity index (χ0n) is 9.25. The van der Waals surface area contributed by atoms with Crippen molar-refractivity contribution in [3.63, 3.8) is 0 Å². The molecule has 0 heterocycles. The van der Waals surface area contributed by atoms with Crippen molar-refractivity contribution < 1.29 is 5.11 Å². The van der Waals surface area contributed by atoms with Crippen LogP contribution in [0.4, 0.5) is 0 Å². The van der Waals surface area contributed by atoms with Crippen LogP contribution < -0.4 is 0 Å². The van der Waals surface area contributed by atoms with E-state index in [1.54, 1.807) is 6.07 Å². The first-order chi connectivity index (χ1) is 6.67. The molecule has 0 aliphatic rings. The number of phenolic OH excluding ortho intramolecular Hbond substituents is 1. The molecular weight excluding hydrogens is 174 g/mol. The molecule has 0 saturated heterocycles. The van der Waals surface area contributed by atoms with E-state index in [-0.39, 0.29) is 0 Å². The zero-order valence-corrected chi connectivity index (χ0v) is 9.25. The van der Waals surface area contributed by atoms with Crippen molar-refractivity contribution in [2.24, 2.45) is 0 Å². The number of phenols is 1. The third-order valence-corrected chi connectivity index (χ3v) is 2.56. The minimum atomic E-state index is 0.383. The Morgan fingerprint density at radius 2 is 1.86 bits per heavy atom. The summed E-state index contributed by atoms with van der Waals surface area (Å²) in [6.07, 6.45) is 0. The molecular formula is C12H19NO. The van der Waals surface area contributed by atoms with E-state index < -0.39 is 0 Å². The Kier molecular flexibility index (Phi) is 3.96. The highest BCUT2D eigenvalue weighted by Gasteiger charge is 2.02. The summed E-state index contributed by atoms with van der Waals surface area (Å²) in [5, 5.41) is 9.38. The van der Waals surface area contributed by atoms with Gasteiger partial charge < -0.3 is 5.11 Å². The van der Waals surface area contributed by atoms with Crippen LogP contribution in [0.2, 0.25) is 0 Å². The Hall–Kier alpha value is -1.02. The third kappa shape index (κ3) is 2.74. The van der Waals surface area contributed by atoms with Crippen LogP contribution in [0.25, 0.3) is 0 Å². The molecule has 0 radical (unpaired) electrons. The summed E-state index contributed by atoms with van der Waals surface area (Å²) in [5.74, 6) is 0.383. The molecule has 0 fully saturated rings. The van der Waals surface area contributed by atoms with Gasteiger partial charge in [-0.1, -0.05) is 26.0 Å². The van der Waals surface area contributed by atoms with Crippen LogP contribution in [0.5, 0.6) is 5.75 Å². The number of aryl methyl sites for hydroxylation is 1. The molecule has 0 amide bonds. The van der Waals surface area contributed by atoms with Gasteiger partial charge in [0.15, 0.2) is 0 Å². The molecule has 0 aromatic heterocycles. The maximum Gasteiger partial charge on any atom is 0.118 e. The van der Waals surface area contributed by atoms with Crippen LogP contribution in [0.15, 0.2) is 18.2 Å². The molecule has 0 bridgehead atoms. The fourth-order valence-corrected chi connectivity index (χ4v) is 1.52. The maximum atomic E-state index is 9.38. The van der Waals surface area contributed by atoms with Gasteiger partial charge in [-0.05, 0) is 37.2 Å². The summed E-state index contributed by atoms with van der Waals surface area (Å²) < 4.78 is 0. The van der Waals surface area contributed by atoms with Crippen molar-refractivity contribution in [1.82, 2.24) is 4.90 Å². The summed E-state index contributed by atoms with van der Waals surface area (Å²) in [4.78, 5) is 2.35. The second-order valence-corrected chi connectivity index (χ2v) is 3.58. The average Bonchev–Trinajstić information content (AvgIpc) is 2.19. The highest BCUT2D eigenvalue weighted by Crippen LogP contribution is 2.17. The quantitative estimate of drug-likeness (QED) is 0.794. The number of nitrogens with zero attached hydrogens (tertiary/aromatic N) is 1.